The van der Waals surface area contributed by atoms with Crippen molar-refractivity contribution in [2.45, 2.75) is 39.2 Å². The van der Waals surface area contributed by atoms with Gasteiger partial charge in [-0.25, -0.2) is 9.78 Å². The van der Waals surface area contributed by atoms with Crippen LogP contribution in [-0.4, -0.2) is 35.3 Å². The molecule has 0 aliphatic heterocycles. The summed E-state index contributed by atoms with van der Waals surface area (Å²) in [5, 5.41) is 12.4. The molecular weight excluding hydrogens is 244 g/mol. The number of nitrogens with zero attached hydrogens (tertiary/aromatic N) is 1. The average Bonchev–Trinajstić information content (AvgIpc) is 2.82. The van der Waals surface area contributed by atoms with Crippen LogP contribution in [0.3, 0.4) is 0 Å². The Bertz CT molecular complexity index is 474. The van der Waals surface area contributed by atoms with Crippen LogP contribution < -0.4 is 5.32 Å². The van der Waals surface area contributed by atoms with Gasteiger partial charge in [-0.2, -0.15) is 0 Å². The number of fused-ring (bicyclic) bond motifs is 1. The van der Waals surface area contributed by atoms with Crippen molar-refractivity contribution in [2.75, 3.05) is 18.5 Å². The molecule has 2 rings (SSSR count). The fourth-order valence-electron chi connectivity index (χ4n) is 2.31. The van der Waals surface area contributed by atoms with E-state index in [0.717, 1.165) is 30.5 Å². The first-order valence-corrected chi connectivity index (χ1v) is 6.72. The Morgan fingerprint density at radius 2 is 2.37 bits per heavy atom. The first-order valence-electron chi connectivity index (χ1n) is 6.72. The van der Waals surface area contributed by atoms with Crippen molar-refractivity contribution in [3.05, 3.63) is 22.9 Å². The van der Waals surface area contributed by atoms with Gasteiger partial charge in [0, 0.05) is 18.3 Å². The number of ether oxygens (including phenoxy) is 1. The molecule has 19 heavy (non-hydrogen) atoms. The summed E-state index contributed by atoms with van der Waals surface area (Å²) in [4.78, 5) is 15.8. The SMILES string of the molecule is CCOCC(C)Nc1nc2c(cc1C(=O)O)CCC2. The first-order chi connectivity index (χ1) is 9.11. The molecule has 2 N–H and O–H groups in total. The second-order valence-corrected chi connectivity index (χ2v) is 4.85. The highest BCUT2D eigenvalue weighted by molar-refractivity contribution is 5.93. The van der Waals surface area contributed by atoms with Crippen molar-refractivity contribution < 1.29 is 14.6 Å². The summed E-state index contributed by atoms with van der Waals surface area (Å²) in [6.07, 6.45) is 2.92. The standard InChI is InChI=1S/C14H20N2O3/c1-3-19-8-9(2)15-13-11(14(17)18)7-10-5-4-6-12(10)16-13/h7,9H,3-6,8H2,1-2H3,(H,15,16)(H,17,18). The van der Waals surface area contributed by atoms with Crippen LogP contribution in [0.25, 0.3) is 0 Å². The van der Waals surface area contributed by atoms with Crippen molar-refractivity contribution in [3.8, 4) is 0 Å². The predicted octanol–water partition coefficient (Wildman–Crippen LogP) is 2.11. The summed E-state index contributed by atoms with van der Waals surface area (Å²) in [6.45, 7) is 5.07. The highest BCUT2D eigenvalue weighted by Crippen LogP contribution is 2.25. The van der Waals surface area contributed by atoms with Gasteiger partial charge in [0.2, 0.25) is 0 Å². The van der Waals surface area contributed by atoms with Crippen LogP contribution in [0.1, 0.15) is 41.9 Å². The Balaban J connectivity index is 2.20. The lowest BCUT2D eigenvalue weighted by atomic mass is 10.1. The number of aryl methyl sites for hydroxylation is 2. The summed E-state index contributed by atoms with van der Waals surface area (Å²) >= 11 is 0. The highest BCUT2D eigenvalue weighted by atomic mass is 16.5. The second kappa shape index (κ2) is 6.02. The Kier molecular flexibility index (Phi) is 4.37. The lowest BCUT2D eigenvalue weighted by molar-refractivity contribution is 0.0697. The number of pyridine rings is 1. The molecule has 5 heteroatoms. The molecule has 0 saturated carbocycles. The van der Waals surface area contributed by atoms with E-state index in [-0.39, 0.29) is 11.6 Å². The normalized spacial score (nSPS) is 15.1. The van der Waals surface area contributed by atoms with Crippen molar-refractivity contribution >= 4 is 11.8 Å². The van der Waals surface area contributed by atoms with Gasteiger partial charge >= 0.3 is 5.97 Å². The van der Waals surface area contributed by atoms with Gasteiger partial charge in [0.05, 0.1) is 6.61 Å². The molecule has 0 radical (unpaired) electrons. The van der Waals surface area contributed by atoms with Gasteiger partial charge in [-0.15, -0.1) is 0 Å². The van der Waals surface area contributed by atoms with Gasteiger partial charge in [-0.05, 0) is 44.7 Å². The molecule has 1 aromatic heterocycles. The van der Waals surface area contributed by atoms with E-state index < -0.39 is 5.97 Å². The number of hydrogen-bond donors (Lipinski definition) is 2. The molecule has 1 aromatic rings. The molecule has 1 heterocycles. The number of aromatic nitrogens is 1. The van der Waals surface area contributed by atoms with Crippen LogP contribution in [0.5, 0.6) is 0 Å². The third-order valence-electron chi connectivity index (χ3n) is 3.24. The van der Waals surface area contributed by atoms with Crippen LogP contribution in [0.4, 0.5) is 5.82 Å². The Morgan fingerprint density at radius 3 is 3.05 bits per heavy atom. The van der Waals surface area contributed by atoms with Crippen molar-refractivity contribution in [3.63, 3.8) is 0 Å². The number of carbonyl (C=O) groups is 1. The minimum atomic E-state index is -0.937. The smallest absolute Gasteiger partial charge is 0.339 e. The highest BCUT2D eigenvalue weighted by Gasteiger charge is 2.20. The zero-order valence-electron chi connectivity index (χ0n) is 11.4. The van der Waals surface area contributed by atoms with Crippen LogP contribution in [0, 0.1) is 0 Å². The van der Waals surface area contributed by atoms with Crippen LogP contribution in [0.2, 0.25) is 0 Å². The van der Waals surface area contributed by atoms with Gasteiger partial charge in [0.25, 0.3) is 0 Å². The summed E-state index contributed by atoms with van der Waals surface area (Å²) in [7, 11) is 0. The summed E-state index contributed by atoms with van der Waals surface area (Å²) < 4.78 is 5.32. The molecule has 104 valence electrons. The molecule has 0 spiro atoms. The molecule has 1 atom stereocenters. The van der Waals surface area contributed by atoms with Crippen molar-refractivity contribution in [2.24, 2.45) is 0 Å². The number of rotatable bonds is 6. The lowest BCUT2D eigenvalue weighted by Crippen LogP contribution is -2.24. The minimum absolute atomic E-state index is 0.0324. The number of hydrogen-bond acceptors (Lipinski definition) is 4. The molecule has 0 bridgehead atoms. The zero-order valence-corrected chi connectivity index (χ0v) is 11.4. The van der Waals surface area contributed by atoms with E-state index in [0.29, 0.717) is 19.0 Å². The van der Waals surface area contributed by atoms with E-state index in [1.807, 2.05) is 13.8 Å². The third kappa shape index (κ3) is 3.23. The fourth-order valence-corrected chi connectivity index (χ4v) is 2.31. The number of carboxylic acids is 1. The second-order valence-electron chi connectivity index (χ2n) is 4.85. The maximum Gasteiger partial charge on any atom is 0.339 e. The number of aromatic carboxylic acids is 1. The van der Waals surface area contributed by atoms with Crippen molar-refractivity contribution in [1.82, 2.24) is 4.98 Å². The van der Waals surface area contributed by atoms with Crippen LogP contribution >= 0.6 is 0 Å². The van der Waals surface area contributed by atoms with E-state index >= 15 is 0 Å². The molecule has 0 saturated heterocycles. The van der Waals surface area contributed by atoms with Gasteiger partial charge in [0.1, 0.15) is 11.4 Å². The Morgan fingerprint density at radius 1 is 1.58 bits per heavy atom. The maximum absolute atomic E-state index is 11.3. The zero-order chi connectivity index (χ0) is 13.8. The first kappa shape index (κ1) is 13.8. The molecule has 1 unspecified atom stereocenters. The summed E-state index contributed by atoms with van der Waals surface area (Å²) in [6, 6.07) is 1.79. The monoisotopic (exact) mass is 264 g/mol. The topological polar surface area (TPSA) is 71.5 Å². The fraction of sp³-hybridized carbons (Fsp3) is 0.571. The molecular formula is C14H20N2O3. The molecule has 0 amide bonds. The Hall–Kier alpha value is -1.62. The molecule has 1 aliphatic rings. The third-order valence-corrected chi connectivity index (χ3v) is 3.24. The number of nitrogens with one attached hydrogen (secondary N) is 1. The van der Waals surface area contributed by atoms with Gasteiger partial charge in [-0.1, -0.05) is 0 Å². The minimum Gasteiger partial charge on any atom is -0.478 e. The quantitative estimate of drug-likeness (QED) is 0.823. The number of anilines is 1. The predicted molar refractivity (Wildman–Crippen MR) is 72.8 cm³/mol. The summed E-state index contributed by atoms with van der Waals surface area (Å²) in [5.41, 5.74) is 2.35. The molecule has 1 aliphatic carbocycles. The lowest BCUT2D eigenvalue weighted by Gasteiger charge is -2.17. The average molecular weight is 264 g/mol. The van der Waals surface area contributed by atoms with E-state index in [1.54, 1.807) is 6.07 Å². The Labute approximate surface area is 113 Å². The van der Waals surface area contributed by atoms with E-state index in [2.05, 4.69) is 10.3 Å². The van der Waals surface area contributed by atoms with Crippen LogP contribution in [0.15, 0.2) is 6.07 Å². The van der Waals surface area contributed by atoms with Gasteiger partial charge in [0.15, 0.2) is 0 Å². The largest absolute Gasteiger partial charge is 0.478 e. The molecule has 5 nitrogen and oxygen atoms in total. The number of carboxylic acid groups (broad SMARTS) is 1. The molecule has 0 aromatic carbocycles. The van der Waals surface area contributed by atoms with Gasteiger partial charge < -0.3 is 15.2 Å². The molecule has 0 fully saturated rings. The summed E-state index contributed by atoms with van der Waals surface area (Å²) in [5.74, 6) is -0.478. The van der Waals surface area contributed by atoms with Gasteiger partial charge in [-0.3, -0.25) is 0 Å². The van der Waals surface area contributed by atoms with Crippen LogP contribution in [-0.2, 0) is 17.6 Å². The van der Waals surface area contributed by atoms with Crippen molar-refractivity contribution in [1.29, 1.82) is 0 Å². The maximum atomic E-state index is 11.3. The van der Waals surface area contributed by atoms with E-state index in [1.165, 1.54) is 0 Å². The van der Waals surface area contributed by atoms with E-state index in [4.69, 9.17) is 4.74 Å². The van der Waals surface area contributed by atoms with E-state index in [9.17, 15) is 9.90 Å².